The number of nitrogens with zero attached hydrogens (tertiary/aromatic N) is 1. The molecule has 0 aliphatic heterocycles. The van der Waals surface area contributed by atoms with Crippen molar-refractivity contribution in [1.82, 2.24) is 0 Å². The number of carbonyl (C=O) groups is 2. The summed E-state index contributed by atoms with van der Waals surface area (Å²) in [5, 5.41) is 10.6. The van der Waals surface area contributed by atoms with Crippen molar-refractivity contribution in [3.05, 3.63) is 63.6 Å². The average molecular weight is 369 g/mol. The van der Waals surface area contributed by atoms with Gasteiger partial charge >= 0.3 is 6.18 Å². The third-order valence-electron chi connectivity index (χ3n) is 3.63. The first kappa shape index (κ1) is 19.4. The van der Waals surface area contributed by atoms with Crippen molar-refractivity contribution in [1.29, 1.82) is 0 Å². The lowest BCUT2D eigenvalue weighted by Crippen LogP contribution is -2.23. The van der Waals surface area contributed by atoms with Crippen molar-refractivity contribution in [2.45, 2.75) is 31.9 Å². The number of nitro groups is 1. The van der Waals surface area contributed by atoms with E-state index in [0.717, 1.165) is 30.3 Å². The minimum absolute atomic E-state index is 0.0691. The molecule has 0 aliphatic rings. The normalized spacial score (nSPS) is 12.6. The molecule has 0 amide bonds. The Balaban J connectivity index is 2.22. The molecule has 138 valence electrons. The standard InChI is InChI=1S/C17H14F3NO5/c1-10(22)8-13-6-7-16(26-13)14(17(18,19)20)9-15(23)11-2-4-12(5-3-11)21(24)25/h2-7,14H,8-9H2,1H3/t14-/m0/s1. The molecule has 1 aromatic carbocycles. The van der Waals surface area contributed by atoms with E-state index in [-0.39, 0.29) is 29.2 Å². The summed E-state index contributed by atoms with van der Waals surface area (Å²) in [6.07, 6.45) is -5.78. The largest absolute Gasteiger partial charge is 0.465 e. The summed E-state index contributed by atoms with van der Waals surface area (Å²) in [7, 11) is 0. The van der Waals surface area contributed by atoms with Crippen LogP contribution in [-0.4, -0.2) is 22.7 Å². The summed E-state index contributed by atoms with van der Waals surface area (Å²) in [6, 6.07) is 6.68. The molecule has 1 heterocycles. The van der Waals surface area contributed by atoms with Crippen LogP contribution in [0.15, 0.2) is 40.8 Å². The molecule has 9 heteroatoms. The van der Waals surface area contributed by atoms with Gasteiger partial charge < -0.3 is 4.42 Å². The summed E-state index contributed by atoms with van der Waals surface area (Å²) in [4.78, 5) is 33.1. The van der Waals surface area contributed by atoms with Crippen molar-refractivity contribution in [3.63, 3.8) is 0 Å². The summed E-state index contributed by atoms with van der Waals surface area (Å²) >= 11 is 0. The van der Waals surface area contributed by atoms with E-state index >= 15 is 0 Å². The van der Waals surface area contributed by atoms with Gasteiger partial charge in [-0.1, -0.05) is 0 Å². The van der Waals surface area contributed by atoms with E-state index in [4.69, 9.17) is 4.42 Å². The second kappa shape index (κ2) is 7.51. The topological polar surface area (TPSA) is 90.4 Å². The number of carbonyl (C=O) groups excluding carboxylic acids is 2. The number of ketones is 2. The quantitative estimate of drug-likeness (QED) is 0.414. The molecule has 6 nitrogen and oxygen atoms in total. The summed E-state index contributed by atoms with van der Waals surface area (Å²) in [5.74, 6) is -3.64. The highest BCUT2D eigenvalue weighted by molar-refractivity contribution is 5.96. The third-order valence-corrected chi connectivity index (χ3v) is 3.63. The van der Waals surface area contributed by atoms with Gasteiger partial charge in [-0.2, -0.15) is 13.2 Å². The predicted octanol–water partition coefficient (Wildman–Crippen LogP) is 4.24. The second-order valence-electron chi connectivity index (χ2n) is 5.71. The lowest BCUT2D eigenvalue weighted by molar-refractivity contribution is -0.384. The van der Waals surface area contributed by atoms with Crippen LogP contribution < -0.4 is 0 Å². The lowest BCUT2D eigenvalue weighted by Gasteiger charge is -2.17. The molecular formula is C17H14F3NO5. The first-order valence-electron chi connectivity index (χ1n) is 7.50. The highest BCUT2D eigenvalue weighted by Crippen LogP contribution is 2.39. The lowest BCUT2D eigenvalue weighted by atomic mass is 9.95. The van der Waals surface area contributed by atoms with Gasteiger partial charge in [0.2, 0.25) is 0 Å². The van der Waals surface area contributed by atoms with Gasteiger partial charge in [0.25, 0.3) is 5.69 Å². The molecule has 0 unspecified atom stereocenters. The Kier molecular flexibility index (Phi) is 5.59. The smallest absolute Gasteiger partial charge is 0.399 e. The predicted molar refractivity (Wildman–Crippen MR) is 83.9 cm³/mol. The number of halogens is 3. The Labute approximate surface area is 145 Å². The highest BCUT2D eigenvalue weighted by Gasteiger charge is 2.44. The molecule has 0 radical (unpaired) electrons. The van der Waals surface area contributed by atoms with E-state index in [1.54, 1.807) is 0 Å². The van der Waals surface area contributed by atoms with Gasteiger partial charge in [-0.15, -0.1) is 0 Å². The molecule has 0 bridgehead atoms. The Morgan fingerprint density at radius 1 is 1.15 bits per heavy atom. The number of hydrogen-bond acceptors (Lipinski definition) is 5. The van der Waals surface area contributed by atoms with Crippen molar-refractivity contribution in [3.8, 4) is 0 Å². The number of nitro benzene ring substituents is 1. The Morgan fingerprint density at radius 3 is 2.27 bits per heavy atom. The Morgan fingerprint density at radius 2 is 1.77 bits per heavy atom. The van der Waals surface area contributed by atoms with Gasteiger partial charge in [0, 0.05) is 24.1 Å². The molecular weight excluding hydrogens is 355 g/mol. The van der Waals surface area contributed by atoms with Crippen molar-refractivity contribution in [2.75, 3.05) is 0 Å². The van der Waals surface area contributed by atoms with Crippen molar-refractivity contribution in [2.24, 2.45) is 0 Å². The minimum Gasteiger partial charge on any atom is -0.465 e. The van der Waals surface area contributed by atoms with E-state index in [2.05, 4.69) is 0 Å². The molecule has 26 heavy (non-hydrogen) atoms. The molecule has 1 aromatic heterocycles. The van der Waals surface area contributed by atoms with E-state index in [9.17, 15) is 32.9 Å². The minimum atomic E-state index is -4.73. The molecule has 2 rings (SSSR count). The van der Waals surface area contributed by atoms with Gasteiger partial charge in [0.05, 0.1) is 11.3 Å². The maximum atomic E-state index is 13.4. The van der Waals surface area contributed by atoms with E-state index < -0.39 is 35.0 Å². The summed E-state index contributed by atoms with van der Waals surface area (Å²) in [5.41, 5.74) is -0.339. The molecule has 0 aliphatic carbocycles. The third kappa shape index (κ3) is 4.78. The maximum Gasteiger partial charge on any atom is 0.399 e. The monoisotopic (exact) mass is 369 g/mol. The van der Waals surface area contributed by atoms with Crippen LogP contribution in [-0.2, 0) is 11.2 Å². The maximum absolute atomic E-state index is 13.4. The number of non-ortho nitro benzene ring substituents is 1. The van der Waals surface area contributed by atoms with Gasteiger partial charge in [0.15, 0.2) is 5.78 Å². The van der Waals surface area contributed by atoms with Crippen LogP contribution in [0.1, 0.15) is 41.1 Å². The average Bonchev–Trinajstić information content (AvgIpc) is 2.98. The zero-order valence-electron chi connectivity index (χ0n) is 13.6. The van der Waals surface area contributed by atoms with Crippen LogP contribution in [0, 0.1) is 10.1 Å². The first-order valence-corrected chi connectivity index (χ1v) is 7.50. The Bertz CT molecular complexity index is 824. The molecule has 2 aromatic rings. The van der Waals surface area contributed by atoms with E-state index in [0.29, 0.717) is 0 Å². The van der Waals surface area contributed by atoms with Gasteiger partial charge in [-0.25, -0.2) is 0 Å². The van der Waals surface area contributed by atoms with E-state index in [1.807, 2.05) is 0 Å². The SMILES string of the molecule is CC(=O)Cc1ccc([C@H](CC(=O)c2ccc([N+](=O)[O-])cc2)C(F)(F)F)o1. The van der Waals surface area contributed by atoms with Crippen molar-refractivity contribution >= 4 is 17.3 Å². The highest BCUT2D eigenvalue weighted by atomic mass is 19.4. The van der Waals surface area contributed by atoms with Gasteiger partial charge in [0.1, 0.15) is 23.2 Å². The number of hydrogen-bond donors (Lipinski definition) is 0. The van der Waals surface area contributed by atoms with Crippen LogP contribution in [0.3, 0.4) is 0 Å². The van der Waals surface area contributed by atoms with Crippen LogP contribution in [0.2, 0.25) is 0 Å². The van der Waals surface area contributed by atoms with Crippen LogP contribution in [0.25, 0.3) is 0 Å². The number of Topliss-reactive ketones (excluding diaryl/α,β-unsaturated/α-hetero) is 2. The zero-order valence-corrected chi connectivity index (χ0v) is 13.6. The zero-order chi connectivity index (χ0) is 19.5. The van der Waals surface area contributed by atoms with E-state index in [1.165, 1.54) is 13.0 Å². The molecule has 0 saturated carbocycles. The Hall–Kier alpha value is -2.97. The fourth-order valence-corrected chi connectivity index (χ4v) is 2.37. The molecule has 0 N–H and O–H groups in total. The molecule has 0 saturated heterocycles. The van der Waals surface area contributed by atoms with Gasteiger partial charge in [-0.3, -0.25) is 19.7 Å². The van der Waals surface area contributed by atoms with Crippen LogP contribution in [0.4, 0.5) is 18.9 Å². The van der Waals surface area contributed by atoms with Crippen LogP contribution >= 0.6 is 0 Å². The fraction of sp³-hybridized carbons (Fsp3) is 0.294. The number of benzene rings is 1. The van der Waals surface area contributed by atoms with Crippen LogP contribution in [0.5, 0.6) is 0 Å². The fourth-order valence-electron chi connectivity index (χ4n) is 2.37. The number of furan rings is 1. The van der Waals surface area contributed by atoms with Gasteiger partial charge in [-0.05, 0) is 31.2 Å². The number of rotatable bonds is 7. The summed E-state index contributed by atoms with van der Waals surface area (Å²) in [6.45, 7) is 1.28. The summed E-state index contributed by atoms with van der Waals surface area (Å²) < 4.78 is 45.2. The number of alkyl halides is 3. The molecule has 1 atom stereocenters. The molecule has 0 spiro atoms. The first-order chi connectivity index (χ1) is 12.1. The molecule has 0 fully saturated rings. The second-order valence-corrected chi connectivity index (χ2v) is 5.71. The van der Waals surface area contributed by atoms with Crippen molar-refractivity contribution < 1.29 is 32.1 Å².